The van der Waals surface area contributed by atoms with Crippen LogP contribution in [0.25, 0.3) is 10.9 Å². The van der Waals surface area contributed by atoms with Crippen molar-refractivity contribution in [2.24, 2.45) is 0 Å². The number of nitrogens with one attached hydrogen (secondary N) is 2. The Morgan fingerprint density at radius 2 is 2.23 bits per heavy atom. The highest BCUT2D eigenvalue weighted by Gasteiger charge is 2.26. The second kappa shape index (κ2) is 7.74. The number of benzene rings is 1. The van der Waals surface area contributed by atoms with Crippen molar-refractivity contribution in [3.63, 3.8) is 0 Å². The molecule has 8 heteroatoms. The Hall–Kier alpha value is -2.61. The van der Waals surface area contributed by atoms with E-state index in [1.54, 1.807) is 30.2 Å². The molecule has 0 fully saturated rings. The second-order valence-corrected chi connectivity index (χ2v) is 6.89. The minimum absolute atomic E-state index is 0.278. The summed E-state index contributed by atoms with van der Waals surface area (Å²) >= 11 is 3.46. The second-order valence-electron chi connectivity index (χ2n) is 5.98. The third-order valence-corrected chi connectivity index (χ3v) is 4.80. The van der Waals surface area contributed by atoms with Gasteiger partial charge in [-0.25, -0.2) is 9.78 Å². The van der Waals surface area contributed by atoms with Crippen molar-refractivity contribution in [1.82, 2.24) is 19.9 Å². The van der Waals surface area contributed by atoms with Crippen LogP contribution in [0.5, 0.6) is 0 Å². The number of rotatable bonds is 6. The van der Waals surface area contributed by atoms with Crippen LogP contribution in [-0.4, -0.2) is 39.6 Å². The van der Waals surface area contributed by atoms with Crippen molar-refractivity contribution in [2.75, 3.05) is 7.11 Å². The molecule has 7 nitrogen and oxygen atoms in total. The first kappa shape index (κ1) is 18.2. The quantitative estimate of drug-likeness (QED) is 0.602. The standard InChI is InChI=1S/C18H19BrN4O3/c1-11(23-6-5-20-10-23)17(24)22-16(18(25)26-2)7-12-9-21-15-4-3-13(19)8-14(12)15/h3-6,8-11,16,21H,7H2,1-2H3,(H,22,24)/t11-,16+/m0/s1. The van der Waals surface area contributed by atoms with Gasteiger partial charge in [-0.1, -0.05) is 15.9 Å². The monoisotopic (exact) mass is 418 g/mol. The number of ether oxygens (including phenoxy) is 1. The Balaban J connectivity index is 1.80. The number of esters is 1. The van der Waals surface area contributed by atoms with E-state index in [4.69, 9.17) is 4.74 Å². The Bertz CT molecular complexity index is 920. The van der Waals surface area contributed by atoms with E-state index in [2.05, 4.69) is 31.2 Å². The number of nitrogens with zero attached hydrogens (tertiary/aromatic N) is 2. The topological polar surface area (TPSA) is 89.0 Å². The van der Waals surface area contributed by atoms with Crippen molar-refractivity contribution >= 4 is 38.7 Å². The summed E-state index contributed by atoms with van der Waals surface area (Å²) in [7, 11) is 1.31. The van der Waals surface area contributed by atoms with E-state index in [0.717, 1.165) is 20.9 Å². The van der Waals surface area contributed by atoms with E-state index in [1.165, 1.54) is 7.11 Å². The third-order valence-electron chi connectivity index (χ3n) is 4.31. The summed E-state index contributed by atoms with van der Waals surface area (Å²) in [5.74, 6) is -0.764. The van der Waals surface area contributed by atoms with Crippen LogP contribution >= 0.6 is 15.9 Å². The fraction of sp³-hybridized carbons (Fsp3) is 0.278. The highest BCUT2D eigenvalue weighted by molar-refractivity contribution is 9.10. The first-order valence-electron chi connectivity index (χ1n) is 8.10. The highest BCUT2D eigenvalue weighted by Crippen LogP contribution is 2.24. The minimum Gasteiger partial charge on any atom is -0.467 e. The molecule has 0 saturated carbocycles. The van der Waals surface area contributed by atoms with Crippen LogP contribution in [0, 0.1) is 0 Å². The molecule has 2 N–H and O–H groups in total. The minimum atomic E-state index is -0.781. The van der Waals surface area contributed by atoms with Crippen molar-refractivity contribution in [1.29, 1.82) is 0 Å². The summed E-state index contributed by atoms with van der Waals surface area (Å²) in [5, 5.41) is 3.78. The van der Waals surface area contributed by atoms with Crippen molar-refractivity contribution < 1.29 is 14.3 Å². The van der Waals surface area contributed by atoms with Gasteiger partial charge in [0.2, 0.25) is 5.91 Å². The molecule has 0 spiro atoms. The molecule has 0 aliphatic heterocycles. The molecule has 0 saturated heterocycles. The third kappa shape index (κ3) is 3.80. The van der Waals surface area contributed by atoms with Crippen LogP contribution < -0.4 is 5.32 Å². The van der Waals surface area contributed by atoms with Crippen LogP contribution in [0.3, 0.4) is 0 Å². The van der Waals surface area contributed by atoms with E-state index in [1.807, 2.05) is 24.4 Å². The molecule has 26 heavy (non-hydrogen) atoms. The SMILES string of the molecule is COC(=O)[C@@H](Cc1c[nH]c2ccc(Br)cc12)NC(=O)[C@H](C)n1ccnc1. The summed E-state index contributed by atoms with van der Waals surface area (Å²) in [5.41, 5.74) is 1.89. The molecule has 0 radical (unpaired) electrons. The maximum Gasteiger partial charge on any atom is 0.328 e. The molecule has 2 atom stereocenters. The van der Waals surface area contributed by atoms with Gasteiger partial charge in [0, 0.05) is 40.4 Å². The molecule has 0 aliphatic rings. The lowest BCUT2D eigenvalue weighted by Gasteiger charge is -2.19. The van der Waals surface area contributed by atoms with Gasteiger partial charge in [0.15, 0.2) is 0 Å². The molecular weight excluding hydrogens is 400 g/mol. The number of methoxy groups -OCH3 is 1. The Morgan fingerprint density at radius 1 is 1.42 bits per heavy atom. The fourth-order valence-electron chi connectivity index (χ4n) is 2.80. The van der Waals surface area contributed by atoms with E-state index >= 15 is 0 Å². The Labute approximate surface area is 158 Å². The van der Waals surface area contributed by atoms with Gasteiger partial charge in [0.05, 0.1) is 13.4 Å². The molecular formula is C18H19BrN4O3. The van der Waals surface area contributed by atoms with Gasteiger partial charge >= 0.3 is 5.97 Å². The number of amides is 1. The molecule has 0 bridgehead atoms. The summed E-state index contributed by atoms with van der Waals surface area (Å²) in [6, 6.07) is 4.61. The van der Waals surface area contributed by atoms with Gasteiger partial charge in [-0.2, -0.15) is 0 Å². The number of hydrogen-bond donors (Lipinski definition) is 2. The molecule has 3 rings (SSSR count). The first-order valence-corrected chi connectivity index (χ1v) is 8.90. The molecule has 0 aliphatic carbocycles. The number of halogens is 1. The number of carbonyl (C=O) groups excluding carboxylic acids is 2. The number of fused-ring (bicyclic) bond motifs is 1. The average Bonchev–Trinajstić information content (AvgIpc) is 3.30. The van der Waals surface area contributed by atoms with Gasteiger partial charge in [0.1, 0.15) is 12.1 Å². The smallest absolute Gasteiger partial charge is 0.328 e. The van der Waals surface area contributed by atoms with Crippen LogP contribution in [0.15, 0.2) is 47.6 Å². The average molecular weight is 419 g/mol. The van der Waals surface area contributed by atoms with Crippen molar-refractivity contribution in [2.45, 2.75) is 25.4 Å². The maximum absolute atomic E-state index is 12.5. The number of aromatic amines is 1. The zero-order chi connectivity index (χ0) is 18.7. The predicted octanol–water partition coefficient (Wildman–Crippen LogP) is 2.59. The molecule has 3 aromatic rings. The molecule has 136 valence electrons. The summed E-state index contributed by atoms with van der Waals surface area (Å²) < 4.78 is 7.49. The Morgan fingerprint density at radius 3 is 2.92 bits per heavy atom. The number of aromatic nitrogens is 3. The van der Waals surface area contributed by atoms with Gasteiger partial charge in [-0.15, -0.1) is 0 Å². The zero-order valence-electron chi connectivity index (χ0n) is 14.4. The maximum atomic E-state index is 12.5. The molecule has 0 unspecified atom stereocenters. The number of H-pyrrole nitrogens is 1. The highest BCUT2D eigenvalue weighted by atomic mass is 79.9. The van der Waals surface area contributed by atoms with Crippen molar-refractivity contribution in [3.8, 4) is 0 Å². The van der Waals surface area contributed by atoms with Crippen LogP contribution in [0.4, 0.5) is 0 Å². The van der Waals surface area contributed by atoms with Gasteiger partial charge in [-0.3, -0.25) is 4.79 Å². The van der Waals surface area contributed by atoms with E-state index in [0.29, 0.717) is 6.42 Å². The van der Waals surface area contributed by atoms with Gasteiger partial charge in [-0.05, 0) is 30.7 Å². The van der Waals surface area contributed by atoms with Gasteiger partial charge in [0.25, 0.3) is 0 Å². The van der Waals surface area contributed by atoms with Gasteiger partial charge < -0.3 is 19.6 Å². The number of carbonyl (C=O) groups is 2. The van der Waals surface area contributed by atoms with E-state index < -0.39 is 18.1 Å². The summed E-state index contributed by atoms with van der Waals surface area (Å²) in [6.07, 6.45) is 7.04. The summed E-state index contributed by atoms with van der Waals surface area (Å²) in [6.45, 7) is 1.74. The van der Waals surface area contributed by atoms with E-state index in [9.17, 15) is 9.59 Å². The number of hydrogen-bond acceptors (Lipinski definition) is 4. The first-order chi connectivity index (χ1) is 12.5. The largest absolute Gasteiger partial charge is 0.467 e. The summed E-state index contributed by atoms with van der Waals surface area (Å²) in [4.78, 5) is 31.9. The lowest BCUT2D eigenvalue weighted by molar-refractivity contribution is -0.145. The zero-order valence-corrected chi connectivity index (χ0v) is 16.0. The Kier molecular flexibility index (Phi) is 5.41. The van der Waals surface area contributed by atoms with Crippen LogP contribution in [-0.2, 0) is 20.7 Å². The predicted molar refractivity (Wildman–Crippen MR) is 101 cm³/mol. The van der Waals surface area contributed by atoms with Crippen LogP contribution in [0.1, 0.15) is 18.5 Å². The molecule has 2 heterocycles. The van der Waals surface area contributed by atoms with Crippen LogP contribution in [0.2, 0.25) is 0 Å². The fourth-order valence-corrected chi connectivity index (χ4v) is 3.16. The normalized spacial score (nSPS) is 13.3. The molecule has 1 amide bonds. The molecule has 1 aromatic carbocycles. The lowest BCUT2D eigenvalue weighted by Crippen LogP contribution is -2.45. The molecule has 2 aromatic heterocycles. The lowest BCUT2D eigenvalue weighted by atomic mass is 10.0. The number of imidazole rings is 1. The van der Waals surface area contributed by atoms with E-state index in [-0.39, 0.29) is 5.91 Å². The van der Waals surface area contributed by atoms with Crippen molar-refractivity contribution in [3.05, 3.63) is 53.2 Å².